The third-order valence-electron chi connectivity index (χ3n) is 11.4. The molecule has 0 aliphatic rings. The quantitative estimate of drug-likeness (QED) is 0.0138. The number of Topliss-reactive ketones (excluding diaryl/α,β-unsaturated/α-hetero) is 1. The van der Waals surface area contributed by atoms with Gasteiger partial charge in [0.2, 0.25) is 0 Å². The van der Waals surface area contributed by atoms with E-state index in [1.165, 1.54) is 96.3 Å². The Labute approximate surface area is 562 Å². The number of halogens is 8. The van der Waals surface area contributed by atoms with Gasteiger partial charge in [0.1, 0.15) is 12.4 Å². The zero-order valence-electron chi connectivity index (χ0n) is 59.8. The number of anilines is 1. The molecule has 0 heterocycles. The number of amides is 1. The van der Waals surface area contributed by atoms with Crippen LogP contribution in [0.5, 0.6) is 5.75 Å². The number of nitrogens with zero attached hydrogens (tertiary/aromatic N) is 2. The first kappa shape index (κ1) is 99.4. The number of thioether (sulfide) groups is 1. The smallest absolute Gasteiger partial charge is 0.486 e. The van der Waals surface area contributed by atoms with Gasteiger partial charge in [-0.25, -0.2) is 0 Å². The van der Waals surface area contributed by atoms with Crippen LogP contribution >= 0.6 is 35.0 Å². The molecule has 0 aromatic heterocycles. The van der Waals surface area contributed by atoms with Crippen molar-refractivity contribution in [3.8, 4) is 5.75 Å². The fourth-order valence-electron chi connectivity index (χ4n) is 6.95. The Balaban J connectivity index is -0.000000198. The minimum Gasteiger partial charge on any atom is -0.486 e. The number of hydrogen-bond acceptors (Lipinski definition) is 10. The van der Waals surface area contributed by atoms with Crippen LogP contribution < -0.4 is 20.3 Å². The summed E-state index contributed by atoms with van der Waals surface area (Å²) in [6.07, 6.45) is 11.5. The summed E-state index contributed by atoms with van der Waals surface area (Å²) in [7, 11) is 7.89. The summed E-state index contributed by atoms with van der Waals surface area (Å²) in [6.45, 7) is 38.0. The molecule has 20 heteroatoms. The van der Waals surface area contributed by atoms with Crippen molar-refractivity contribution in [1.82, 2.24) is 10.6 Å². The second-order valence-electron chi connectivity index (χ2n) is 19.3. The Kier molecular flexibility index (Phi) is 72.4. The second kappa shape index (κ2) is 66.3. The van der Waals surface area contributed by atoms with Crippen molar-refractivity contribution >= 4 is 69.9 Å². The number of ether oxygens (including phenoxy) is 3. The first-order valence-electron chi connectivity index (χ1n) is 32.3. The lowest BCUT2D eigenvalue weighted by Crippen LogP contribution is -2.47. The summed E-state index contributed by atoms with van der Waals surface area (Å²) < 4.78 is 77.0. The summed E-state index contributed by atoms with van der Waals surface area (Å²) in [4.78, 5) is 46.2. The zero-order chi connectivity index (χ0) is 71.9. The number of nitrogens with one attached hydrogen (secondary N) is 2. The topological polar surface area (TPSA) is 123 Å². The van der Waals surface area contributed by atoms with Gasteiger partial charge in [0, 0.05) is 80.4 Å². The molecule has 3 rings (SSSR count). The maximum absolute atomic E-state index is 11.2. The minimum absolute atomic E-state index is 0.0926. The maximum Gasteiger partial charge on any atom is 0.575 e. The number of hydrogen-bond donors (Lipinski definition) is 2. The Bertz CT molecular complexity index is 2270. The summed E-state index contributed by atoms with van der Waals surface area (Å²) in [5, 5.41) is 5.92. The van der Waals surface area contributed by atoms with E-state index < -0.39 is 24.7 Å². The number of quaternary nitrogens is 1. The Hall–Kier alpha value is -5.17. The van der Waals surface area contributed by atoms with Gasteiger partial charge < -0.3 is 34.2 Å². The van der Waals surface area contributed by atoms with Crippen molar-refractivity contribution in [3.63, 3.8) is 0 Å². The molecule has 0 saturated carbocycles. The Morgan fingerprint density at radius 2 is 1.12 bits per heavy atom. The number of rotatable bonds is 28. The zero-order valence-corrected chi connectivity index (χ0v) is 62.1. The van der Waals surface area contributed by atoms with Gasteiger partial charge in [0.05, 0.1) is 20.6 Å². The van der Waals surface area contributed by atoms with E-state index in [0.29, 0.717) is 44.3 Å². The number of ketones is 1. The number of likely N-dealkylation sites (N-methyl/N-ethyl adjacent to an activating group) is 2. The molecular weight excluding hydrogens is 1240 g/mol. The molecule has 0 bridgehead atoms. The number of unbranched alkanes of at least 4 members (excludes halogenated alkanes) is 6. The van der Waals surface area contributed by atoms with E-state index in [2.05, 4.69) is 154 Å². The van der Waals surface area contributed by atoms with E-state index in [-0.39, 0.29) is 18.3 Å². The Morgan fingerprint density at radius 3 is 1.51 bits per heavy atom. The second-order valence-corrected chi connectivity index (χ2v) is 21.2. The van der Waals surface area contributed by atoms with E-state index >= 15 is 0 Å². The highest BCUT2D eigenvalue weighted by atomic mass is 35.5. The molecule has 0 aliphatic heterocycles. The molecule has 0 radical (unpaired) electrons. The standard InChI is InChI=1S/C27H35NS.C14H19Cl2NO2.C11H24N2O.C5H12.2C3H3F3O2.4C2H6/c1-6-8-14-23-17-12-18-27(22(23)4)29-26(13-7-2)20-25(19-21(3)28-5)24-15-10-9-11-16-24;1-2-13(18)11-19-14-5-3-12(4-6-14)17(9-7-15)10-8-16;1-5-6-7-8-9-13(3,4)10-11(14)12-2;1-3-5-4-2;2*1-2(7)8-3(4,5)6;4*1-2/h9-13,15-20,28H,6-8,14H2,1-5H3;3-6H,2,7-11H2,1H3;5-10H2,1-4H3;3-5H2,1-2H3;2*1H3;4*1-2H3/p+1/b21-19-,25-20+,26-13-;;;;;;;;;. The number of aryl methyl sites for hydroxylation is 1. The van der Waals surface area contributed by atoms with E-state index in [4.69, 9.17) is 27.9 Å². The molecule has 3 aromatic rings. The van der Waals surface area contributed by atoms with Gasteiger partial charge in [-0.15, -0.1) is 49.5 Å². The van der Waals surface area contributed by atoms with Gasteiger partial charge in [0.25, 0.3) is 5.91 Å². The Morgan fingerprint density at radius 1 is 0.626 bits per heavy atom. The first-order valence-corrected chi connectivity index (χ1v) is 34.2. The van der Waals surface area contributed by atoms with Crippen molar-refractivity contribution < 1.29 is 64.2 Å². The monoisotopic (exact) mass is 1360 g/mol. The van der Waals surface area contributed by atoms with Crippen LogP contribution in [0.2, 0.25) is 0 Å². The fraction of sp³-hybridized carbons (Fsp3) is 0.606. The molecular formula is C71H121Cl2F6N4O7S+. The van der Waals surface area contributed by atoms with Crippen LogP contribution in [-0.2, 0) is 35.1 Å². The molecule has 0 spiro atoms. The van der Waals surface area contributed by atoms with Crippen LogP contribution in [0.4, 0.5) is 32.0 Å². The van der Waals surface area contributed by atoms with Crippen LogP contribution in [0.25, 0.3) is 5.57 Å². The van der Waals surface area contributed by atoms with E-state index in [9.17, 15) is 45.5 Å². The lowest BCUT2D eigenvalue weighted by Gasteiger charge is -2.28. The lowest BCUT2D eigenvalue weighted by atomic mass is 10.0. The predicted molar refractivity (Wildman–Crippen MR) is 378 cm³/mol. The van der Waals surface area contributed by atoms with E-state index in [1.807, 2.05) is 105 Å². The number of alkyl halides is 8. The number of esters is 2. The number of allylic oxidation sites excluding steroid dienone is 5. The molecule has 0 fully saturated rings. The highest BCUT2D eigenvalue weighted by Crippen LogP contribution is 2.35. The van der Waals surface area contributed by atoms with Gasteiger partial charge in [-0.05, 0) is 111 Å². The van der Waals surface area contributed by atoms with Crippen molar-refractivity contribution in [2.45, 2.75) is 219 Å². The summed E-state index contributed by atoms with van der Waals surface area (Å²) >= 11 is 13.4. The molecule has 11 nitrogen and oxygen atoms in total. The molecule has 0 saturated heterocycles. The molecule has 91 heavy (non-hydrogen) atoms. The molecule has 2 N–H and O–H groups in total. The van der Waals surface area contributed by atoms with Gasteiger partial charge in [-0.3, -0.25) is 19.2 Å². The van der Waals surface area contributed by atoms with Gasteiger partial charge in [0.15, 0.2) is 12.3 Å². The molecule has 0 unspecified atom stereocenters. The number of benzene rings is 3. The summed E-state index contributed by atoms with van der Waals surface area (Å²) in [5.41, 5.74) is 7.56. The highest BCUT2D eigenvalue weighted by Gasteiger charge is 2.32. The normalized spacial score (nSPS) is 10.7. The summed E-state index contributed by atoms with van der Waals surface area (Å²) in [6, 6.07) is 25.0. The molecule has 1 amide bonds. The average Bonchev–Trinajstić information content (AvgIpc) is 1.23. The largest absolute Gasteiger partial charge is 0.575 e. The minimum atomic E-state index is -4.83. The van der Waals surface area contributed by atoms with Crippen LogP contribution in [-0.4, -0.2) is 114 Å². The van der Waals surface area contributed by atoms with Gasteiger partial charge in [-0.1, -0.05) is 196 Å². The van der Waals surface area contributed by atoms with E-state index in [1.54, 1.807) is 7.05 Å². The molecule has 0 aliphatic carbocycles. The number of carbonyl (C=O) groups is 4. The molecule has 528 valence electrons. The maximum atomic E-state index is 11.2. The third-order valence-corrected chi connectivity index (χ3v) is 12.9. The van der Waals surface area contributed by atoms with Crippen LogP contribution in [0.1, 0.15) is 205 Å². The summed E-state index contributed by atoms with van der Waals surface area (Å²) in [5.74, 6) is -0.668. The van der Waals surface area contributed by atoms with Gasteiger partial charge in [-0.2, -0.15) is 0 Å². The molecule has 0 atom stereocenters. The highest BCUT2D eigenvalue weighted by molar-refractivity contribution is 8.03. The number of carbonyl (C=O) groups excluding carboxylic acids is 4. The van der Waals surface area contributed by atoms with Crippen molar-refractivity contribution in [3.05, 3.63) is 118 Å². The average molecular weight is 1360 g/mol. The van der Waals surface area contributed by atoms with Crippen molar-refractivity contribution in [2.75, 3.05) is 77.6 Å². The third kappa shape index (κ3) is 64.7. The fourth-order valence-corrected chi connectivity index (χ4v) is 8.48. The molecule has 3 aromatic carbocycles. The van der Waals surface area contributed by atoms with Crippen LogP contribution in [0.15, 0.2) is 107 Å². The van der Waals surface area contributed by atoms with Crippen LogP contribution in [0.3, 0.4) is 0 Å². The van der Waals surface area contributed by atoms with Gasteiger partial charge >= 0.3 is 24.7 Å². The van der Waals surface area contributed by atoms with Crippen LogP contribution in [0, 0.1) is 6.92 Å². The van der Waals surface area contributed by atoms with Crippen molar-refractivity contribution in [2.24, 2.45) is 0 Å². The lowest BCUT2D eigenvalue weighted by molar-refractivity contribution is -0.882. The van der Waals surface area contributed by atoms with Crippen molar-refractivity contribution in [1.29, 1.82) is 0 Å². The van der Waals surface area contributed by atoms with E-state index in [0.717, 1.165) is 41.9 Å². The SMILES string of the molecule is CC.CC.CC.CC.CC(=O)OC(F)(F)F.CC(=O)OC(F)(F)F.CC/C=C(/C=C(\C=C(\C)NC)c1ccccc1)Sc1cccc(CCCC)c1C.CCC(=O)COc1ccc(N(CCCl)CCCl)cc1.CCCCC.CCCCCC[N+](C)(C)CC(=O)NC. The first-order chi connectivity index (χ1) is 43.1. The predicted octanol–water partition coefficient (Wildman–Crippen LogP) is 21.1.